The summed E-state index contributed by atoms with van der Waals surface area (Å²) < 4.78 is 5.62. The molecule has 1 saturated carbocycles. The van der Waals surface area contributed by atoms with Crippen LogP contribution in [0.25, 0.3) is 0 Å². The van der Waals surface area contributed by atoms with Crippen molar-refractivity contribution in [3.8, 4) is 0 Å². The first-order valence-electron chi connectivity index (χ1n) is 6.40. The van der Waals surface area contributed by atoms with E-state index in [2.05, 4.69) is 43.3 Å². The number of halogens is 1. The zero-order chi connectivity index (χ0) is 13.0. The van der Waals surface area contributed by atoms with Crippen molar-refractivity contribution in [2.75, 3.05) is 5.33 Å². The highest BCUT2D eigenvalue weighted by Crippen LogP contribution is 2.35. The van der Waals surface area contributed by atoms with E-state index in [1.54, 1.807) is 0 Å². The Bertz CT molecular complexity index is 286. The van der Waals surface area contributed by atoms with Crippen LogP contribution in [0.3, 0.4) is 0 Å². The van der Waals surface area contributed by atoms with Gasteiger partial charge < -0.3 is 4.74 Å². The summed E-state index contributed by atoms with van der Waals surface area (Å²) in [6, 6.07) is 0. The molecule has 0 aromatic rings. The molecule has 0 saturated heterocycles. The maximum atomic E-state index is 11.8. The Morgan fingerprint density at radius 2 is 2.12 bits per heavy atom. The van der Waals surface area contributed by atoms with Crippen molar-refractivity contribution in [2.24, 2.45) is 17.8 Å². The van der Waals surface area contributed by atoms with Gasteiger partial charge in [-0.1, -0.05) is 49.7 Å². The first kappa shape index (κ1) is 14.7. The largest absolute Gasteiger partial charge is 0.459 e. The number of rotatable bonds is 4. The Balaban J connectivity index is 2.63. The molecule has 1 aliphatic carbocycles. The van der Waals surface area contributed by atoms with E-state index in [1.165, 1.54) is 6.42 Å². The molecule has 1 rings (SSSR count). The van der Waals surface area contributed by atoms with E-state index in [-0.39, 0.29) is 12.1 Å². The Hall–Kier alpha value is -0.310. The van der Waals surface area contributed by atoms with E-state index < -0.39 is 0 Å². The van der Waals surface area contributed by atoms with E-state index in [0.717, 1.165) is 12.8 Å². The summed E-state index contributed by atoms with van der Waals surface area (Å²) in [7, 11) is 0. The molecular weight excluding hydrogens is 280 g/mol. The summed E-state index contributed by atoms with van der Waals surface area (Å²) in [6.07, 6.45) is 3.47. The van der Waals surface area contributed by atoms with Gasteiger partial charge in [0.25, 0.3) is 0 Å². The van der Waals surface area contributed by atoms with Gasteiger partial charge in [-0.15, -0.1) is 0 Å². The van der Waals surface area contributed by atoms with Gasteiger partial charge in [0.15, 0.2) is 0 Å². The normalized spacial score (nSPS) is 29.1. The van der Waals surface area contributed by atoms with Crippen molar-refractivity contribution in [1.29, 1.82) is 0 Å². The molecular formula is C14H23BrO2. The van der Waals surface area contributed by atoms with Crippen LogP contribution in [0.2, 0.25) is 0 Å². The summed E-state index contributed by atoms with van der Waals surface area (Å²) in [6.45, 7) is 10.4. The fourth-order valence-corrected chi connectivity index (χ4v) is 2.75. The van der Waals surface area contributed by atoms with Crippen LogP contribution in [0, 0.1) is 17.8 Å². The molecule has 3 heteroatoms. The predicted molar refractivity (Wildman–Crippen MR) is 74.2 cm³/mol. The van der Waals surface area contributed by atoms with Gasteiger partial charge in [0.1, 0.15) is 6.10 Å². The lowest BCUT2D eigenvalue weighted by molar-refractivity contribution is -0.150. The van der Waals surface area contributed by atoms with Crippen LogP contribution in [0.15, 0.2) is 12.2 Å². The van der Waals surface area contributed by atoms with Crippen molar-refractivity contribution < 1.29 is 9.53 Å². The van der Waals surface area contributed by atoms with Crippen LogP contribution in [0.1, 0.15) is 40.0 Å². The molecule has 17 heavy (non-hydrogen) atoms. The molecule has 1 aliphatic rings. The highest BCUT2D eigenvalue weighted by Gasteiger charge is 2.33. The third-order valence-corrected chi connectivity index (χ3v) is 4.35. The summed E-state index contributed by atoms with van der Waals surface area (Å²) in [5.41, 5.74) is 0.505. The lowest BCUT2D eigenvalue weighted by Gasteiger charge is -2.36. The summed E-state index contributed by atoms with van der Waals surface area (Å²) >= 11 is 3.24. The molecule has 0 bridgehead atoms. The van der Waals surface area contributed by atoms with Crippen molar-refractivity contribution in [3.63, 3.8) is 0 Å². The molecule has 0 aromatic heterocycles. The van der Waals surface area contributed by atoms with Gasteiger partial charge in [-0.05, 0) is 30.6 Å². The smallest absolute Gasteiger partial charge is 0.334 e. The molecule has 2 nitrogen and oxygen atoms in total. The molecule has 0 N–H and O–H groups in total. The van der Waals surface area contributed by atoms with Gasteiger partial charge in [0.2, 0.25) is 0 Å². The second kappa shape index (κ2) is 6.58. The Morgan fingerprint density at radius 1 is 1.47 bits per heavy atom. The maximum Gasteiger partial charge on any atom is 0.334 e. The number of alkyl halides is 1. The van der Waals surface area contributed by atoms with Crippen molar-refractivity contribution in [1.82, 2.24) is 0 Å². The van der Waals surface area contributed by atoms with Gasteiger partial charge >= 0.3 is 5.97 Å². The first-order valence-corrected chi connectivity index (χ1v) is 7.52. The summed E-state index contributed by atoms with van der Waals surface area (Å²) in [5.74, 6) is 1.47. The molecule has 1 fully saturated rings. The minimum absolute atomic E-state index is 0.0713. The molecule has 98 valence electrons. The van der Waals surface area contributed by atoms with Crippen molar-refractivity contribution in [3.05, 3.63) is 12.2 Å². The molecule has 0 amide bonds. The average Bonchev–Trinajstić information content (AvgIpc) is 2.27. The highest BCUT2D eigenvalue weighted by atomic mass is 79.9. The number of esters is 1. The molecule has 0 aliphatic heterocycles. The predicted octanol–water partition coefficient (Wildman–Crippen LogP) is 3.94. The number of carbonyl (C=O) groups is 1. The number of hydrogen-bond acceptors (Lipinski definition) is 2. The molecule has 0 unspecified atom stereocenters. The van der Waals surface area contributed by atoms with Gasteiger partial charge in [-0.3, -0.25) is 0 Å². The first-order chi connectivity index (χ1) is 7.95. The maximum absolute atomic E-state index is 11.8. The Morgan fingerprint density at radius 3 is 2.65 bits per heavy atom. The van der Waals surface area contributed by atoms with E-state index in [0.29, 0.717) is 28.7 Å². The number of ether oxygens (including phenoxy) is 1. The molecule has 0 heterocycles. The second-order valence-electron chi connectivity index (χ2n) is 5.51. The summed E-state index contributed by atoms with van der Waals surface area (Å²) in [4.78, 5) is 11.8. The lowest BCUT2D eigenvalue weighted by Crippen LogP contribution is -2.36. The van der Waals surface area contributed by atoms with E-state index in [4.69, 9.17) is 4.74 Å². The topological polar surface area (TPSA) is 26.3 Å². The zero-order valence-electron chi connectivity index (χ0n) is 11.0. The zero-order valence-corrected chi connectivity index (χ0v) is 12.6. The van der Waals surface area contributed by atoms with Crippen LogP contribution in [0.4, 0.5) is 0 Å². The van der Waals surface area contributed by atoms with E-state index >= 15 is 0 Å². The number of hydrogen-bond donors (Lipinski definition) is 0. The minimum Gasteiger partial charge on any atom is -0.459 e. The van der Waals surface area contributed by atoms with Crippen LogP contribution in [-0.4, -0.2) is 17.4 Å². The van der Waals surface area contributed by atoms with Gasteiger partial charge in [-0.2, -0.15) is 0 Å². The third-order valence-electron chi connectivity index (χ3n) is 3.67. The lowest BCUT2D eigenvalue weighted by atomic mass is 9.75. The number of carbonyl (C=O) groups excluding carboxylic acids is 1. The van der Waals surface area contributed by atoms with Crippen LogP contribution < -0.4 is 0 Å². The average molecular weight is 303 g/mol. The molecule has 0 radical (unpaired) electrons. The standard InChI is InChI=1S/C14H23BrO2/c1-9(2)12-6-5-10(3)7-13(12)17-14(16)11(4)8-15/h9-10,12-13H,4-8H2,1-3H3/t10-,12+,13-/m1/s1. The van der Waals surface area contributed by atoms with Crippen LogP contribution in [-0.2, 0) is 9.53 Å². The summed E-state index contributed by atoms with van der Waals surface area (Å²) in [5, 5.41) is 0.487. The third kappa shape index (κ3) is 4.13. The Kier molecular flexibility index (Phi) is 5.71. The SMILES string of the molecule is C=C(CBr)C(=O)O[C@@H]1C[C@H](C)CC[C@H]1C(C)C. The minimum atomic E-state index is -0.244. The molecule has 0 spiro atoms. The Labute approximate surface area is 113 Å². The highest BCUT2D eigenvalue weighted by molar-refractivity contribution is 9.09. The van der Waals surface area contributed by atoms with Gasteiger partial charge in [-0.25, -0.2) is 4.79 Å². The van der Waals surface area contributed by atoms with Crippen LogP contribution in [0.5, 0.6) is 0 Å². The monoisotopic (exact) mass is 302 g/mol. The van der Waals surface area contributed by atoms with Gasteiger partial charge in [0, 0.05) is 10.9 Å². The quantitative estimate of drug-likeness (QED) is 0.447. The van der Waals surface area contributed by atoms with Crippen LogP contribution >= 0.6 is 15.9 Å². The molecule has 3 atom stereocenters. The second-order valence-corrected chi connectivity index (χ2v) is 6.07. The fraction of sp³-hybridized carbons (Fsp3) is 0.786. The van der Waals surface area contributed by atoms with Crippen molar-refractivity contribution >= 4 is 21.9 Å². The van der Waals surface area contributed by atoms with E-state index in [1.807, 2.05) is 0 Å². The molecule has 0 aromatic carbocycles. The van der Waals surface area contributed by atoms with Crippen molar-refractivity contribution in [2.45, 2.75) is 46.1 Å². The fourth-order valence-electron chi connectivity index (χ4n) is 2.53. The van der Waals surface area contributed by atoms with Gasteiger partial charge in [0.05, 0.1) is 0 Å². The van der Waals surface area contributed by atoms with E-state index in [9.17, 15) is 4.79 Å².